The van der Waals surface area contributed by atoms with Crippen molar-refractivity contribution in [1.82, 2.24) is 5.32 Å². The Balaban J connectivity index is 1.95. The van der Waals surface area contributed by atoms with E-state index >= 15 is 0 Å². The molecule has 0 bridgehead atoms. The van der Waals surface area contributed by atoms with Crippen LogP contribution in [0.15, 0.2) is 38.8 Å². The zero-order valence-corrected chi connectivity index (χ0v) is 19.3. The number of nitrogens with zero attached hydrogens (tertiary/aromatic N) is 3. The summed E-state index contributed by atoms with van der Waals surface area (Å²) in [5, 5.41) is 16.4. The third-order valence-corrected chi connectivity index (χ3v) is 6.33. The largest absolute Gasteiger partial charge is 0.527 e. The van der Waals surface area contributed by atoms with E-state index in [1.807, 2.05) is 6.92 Å². The van der Waals surface area contributed by atoms with Crippen molar-refractivity contribution < 1.29 is 32.3 Å². The minimum Gasteiger partial charge on any atom is -0.435 e. The number of benzene rings is 1. The molecule has 2 unspecified atom stereocenters. The molecule has 1 fully saturated rings. The van der Waals surface area contributed by atoms with Crippen LogP contribution in [-0.2, 0) is 14.8 Å². The smallest absolute Gasteiger partial charge is 0.435 e. The summed E-state index contributed by atoms with van der Waals surface area (Å²) in [7, 11) is -3.87. The number of rotatable bonds is 6. The molecule has 2 rings (SSSR count). The minimum absolute atomic E-state index is 0.0461. The van der Waals surface area contributed by atoms with Crippen molar-refractivity contribution in [1.29, 1.82) is 0 Å². The molecule has 0 aliphatic carbocycles. The van der Waals surface area contributed by atoms with Gasteiger partial charge in [-0.05, 0) is 46.8 Å². The monoisotopic (exact) mass is 455 g/mol. The average molecular weight is 456 g/mol. The average Bonchev–Trinajstić information content (AvgIpc) is 2.98. The molecule has 1 aromatic rings. The molecule has 2 N–H and O–H groups in total. The van der Waals surface area contributed by atoms with Gasteiger partial charge in [-0.2, -0.15) is 23.1 Å². The fourth-order valence-corrected chi connectivity index (χ4v) is 4.38. The van der Waals surface area contributed by atoms with Crippen molar-refractivity contribution in [2.45, 2.75) is 57.6 Å². The van der Waals surface area contributed by atoms with Crippen LogP contribution in [0.2, 0.25) is 0 Å². The van der Waals surface area contributed by atoms with E-state index in [0.29, 0.717) is 13.0 Å². The highest BCUT2D eigenvalue weighted by atomic mass is 32.2. The van der Waals surface area contributed by atoms with Crippen molar-refractivity contribution in [2.24, 2.45) is 15.6 Å². The summed E-state index contributed by atoms with van der Waals surface area (Å²) in [6.07, 6.45) is -1.52. The van der Waals surface area contributed by atoms with E-state index in [1.165, 1.54) is 12.1 Å². The second-order valence-electron chi connectivity index (χ2n) is 8.89. The molecule has 31 heavy (non-hydrogen) atoms. The molecular formula is C20H31N4O6S+. The second kappa shape index (κ2) is 9.41. The Morgan fingerprint density at radius 3 is 2.42 bits per heavy atom. The van der Waals surface area contributed by atoms with E-state index in [9.17, 15) is 23.1 Å². The zero-order chi connectivity index (χ0) is 23.4. The number of ether oxygens (including phenoxy) is 1. The number of nitrogens with one attached hydrogen (secondary N) is 1. The Labute approximate surface area is 182 Å². The molecule has 1 aliphatic heterocycles. The Kier molecular flexibility index (Phi) is 7.56. The van der Waals surface area contributed by atoms with E-state index in [0.717, 1.165) is 5.56 Å². The molecule has 0 saturated carbocycles. The van der Waals surface area contributed by atoms with Gasteiger partial charge in [0.05, 0.1) is 4.90 Å². The van der Waals surface area contributed by atoms with Gasteiger partial charge < -0.3 is 9.84 Å². The van der Waals surface area contributed by atoms with Gasteiger partial charge in [-0.15, -0.1) is 4.48 Å². The van der Waals surface area contributed by atoms with E-state index in [1.54, 1.807) is 39.8 Å². The van der Waals surface area contributed by atoms with Crippen LogP contribution in [0, 0.1) is 12.8 Å². The highest BCUT2D eigenvalue weighted by Gasteiger charge is 2.58. The number of carbonyl (C=O) groups is 2. The van der Waals surface area contributed by atoms with Gasteiger partial charge >= 0.3 is 12.2 Å². The zero-order valence-electron chi connectivity index (χ0n) is 18.5. The topological polar surface area (TPSA) is 134 Å². The van der Waals surface area contributed by atoms with Gasteiger partial charge in [0.2, 0.25) is 0 Å². The van der Waals surface area contributed by atoms with E-state index < -0.39 is 38.3 Å². The summed E-state index contributed by atoms with van der Waals surface area (Å²) >= 11 is 0. The Bertz CT molecular complexity index is 939. The normalized spacial score (nSPS) is 24.4. The molecule has 172 valence electrons. The molecule has 1 aromatic carbocycles. The first-order chi connectivity index (χ1) is 14.3. The predicted octanol–water partition coefficient (Wildman–Crippen LogP) is 3.52. The maximum Gasteiger partial charge on any atom is 0.527 e. The van der Waals surface area contributed by atoms with Crippen molar-refractivity contribution in [3.8, 4) is 0 Å². The number of amides is 2. The van der Waals surface area contributed by atoms with Crippen LogP contribution >= 0.6 is 0 Å². The van der Waals surface area contributed by atoms with E-state index in [2.05, 4.69) is 15.0 Å². The lowest BCUT2D eigenvalue weighted by molar-refractivity contribution is -0.797. The second-order valence-corrected chi connectivity index (χ2v) is 10.5. The van der Waals surface area contributed by atoms with Crippen LogP contribution in [0.5, 0.6) is 0 Å². The van der Waals surface area contributed by atoms with E-state index in [4.69, 9.17) is 4.74 Å². The van der Waals surface area contributed by atoms with Crippen LogP contribution in [0.3, 0.4) is 0 Å². The summed E-state index contributed by atoms with van der Waals surface area (Å²) < 4.78 is 32.3. The van der Waals surface area contributed by atoms with Crippen LogP contribution in [0.1, 0.15) is 39.7 Å². The lowest BCUT2D eigenvalue weighted by Crippen LogP contribution is -2.60. The SMILES string of the molecule is Cc1ccc(S(=O)(=O)N=NCNC[C@H]2CC(C)[N+](C(=O)O)(C(=O)OC(C)(C)C)C2)cc1. The van der Waals surface area contributed by atoms with Crippen LogP contribution in [-0.4, -0.2) is 61.6 Å². The predicted molar refractivity (Wildman–Crippen MR) is 113 cm³/mol. The third kappa shape index (κ3) is 6.08. The first kappa shape index (κ1) is 24.9. The van der Waals surface area contributed by atoms with Crippen molar-refractivity contribution in [3.63, 3.8) is 0 Å². The number of sulfonamides is 1. The summed E-state index contributed by atoms with van der Waals surface area (Å²) in [6, 6.07) is 5.84. The first-order valence-electron chi connectivity index (χ1n) is 10.0. The quantitative estimate of drug-likeness (QED) is 0.381. The summed E-state index contributed by atoms with van der Waals surface area (Å²) in [5.41, 5.74) is 0.141. The van der Waals surface area contributed by atoms with Crippen molar-refractivity contribution >= 4 is 22.2 Å². The number of hydrogen-bond acceptors (Lipinski definition) is 7. The third-order valence-electron chi connectivity index (χ3n) is 5.13. The number of likely N-dealkylation sites (tertiary alicyclic amines) is 1. The number of quaternary nitrogens is 1. The molecule has 1 aliphatic rings. The fraction of sp³-hybridized carbons (Fsp3) is 0.600. The van der Waals surface area contributed by atoms with Gasteiger partial charge in [0.1, 0.15) is 24.9 Å². The highest BCUT2D eigenvalue weighted by Crippen LogP contribution is 2.33. The number of aryl methyl sites for hydroxylation is 1. The summed E-state index contributed by atoms with van der Waals surface area (Å²) in [6.45, 7) is 9.05. The number of carbonyl (C=O) groups excluding carboxylic acids is 1. The Morgan fingerprint density at radius 1 is 1.26 bits per heavy atom. The van der Waals surface area contributed by atoms with E-state index in [-0.39, 0.29) is 24.0 Å². The van der Waals surface area contributed by atoms with Gasteiger partial charge in [0, 0.05) is 18.9 Å². The molecule has 2 amide bonds. The molecule has 10 nitrogen and oxygen atoms in total. The van der Waals surface area contributed by atoms with Gasteiger partial charge in [-0.3, -0.25) is 5.32 Å². The van der Waals surface area contributed by atoms with Gasteiger partial charge in [0.25, 0.3) is 10.0 Å². The molecule has 1 saturated heterocycles. The van der Waals surface area contributed by atoms with Gasteiger partial charge in [-0.1, -0.05) is 22.2 Å². The molecule has 11 heteroatoms. The summed E-state index contributed by atoms with van der Waals surface area (Å²) in [5.74, 6) is -0.123. The maximum absolute atomic E-state index is 12.7. The number of imide groups is 1. The molecule has 1 heterocycles. The van der Waals surface area contributed by atoms with Crippen LogP contribution in [0.4, 0.5) is 9.59 Å². The van der Waals surface area contributed by atoms with Crippen LogP contribution in [0.25, 0.3) is 0 Å². The first-order valence-corrected chi connectivity index (χ1v) is 11.5. The van der Waals surface area contributed by atoms with Gasteiger partial charge in [-0.25, -0.2) is 0 Å². The van der Waals surface area contributed by atoms with Crippen LogP contribution < -0.4 is 5.32 Å². The molecule has 0 radical (unpaired) electrons. The maximum atomic E-state index is 12.7. The number of hydrogen-bond donors (Lipinski definition) is 2. The Hall–Kier alpha value is -2.37. The summed E-state index contributed by atoms with van der Waals surface area (Å²) in [4.78, 5) is 24.7. The lowest BCUT2D eigenvalue weighted by Gasteiger charge is -2.31. The minimum atomic E-state index is -3.87. The highest BCUT2D eigenvalue weighted by molar-refractivity contribution is 7.90. The lowest BCUT2D eigenvalue weighted by atomic mass is 10.1. The fourth-order valence-electron chi connectivity index (χ4n) is 3.60. The van der Waals surface area contributed by atoms with Crippen molar-refractivity contribution in [2.75, 3.05) is 19.8 Å². The molecule has 0 aromatic heterocycles. The Morgan fingerprint density at radius 2 is 1.87 bits per heavy atom. The number of carboxylic acid groups (broad SMARTS) is 1. The van der Waals surface area contributed by atoms with Gasteiger partial charge in [0.15, 0.2) is 0 Å². The molecular weight excluding hydrogens is 424 g/mol. The standard InChI is InChI=1S/C20H30N4O6S/c1-14-6-8-17(9-7-14)31(28,29)23-22-13-21-11-16-10-15(2)24(12-16,18(25)26)19(27)30-20(3,4)5/h6-9,15-16,21H,10-13H2,1-5H3/p+1/t15?,16-,24?/m1/s1. The molecule has 0 spiro atoms. The van der Waals surface area contributed by atoms with Crippen molar-refractivity contribution in [3.05, 3.63) is 29.8 Å². The molecule has 3 atom stereocenters.